The van der Waals surface area contributed by atoms with Gasteiger partial charge in [-0.25, -0.2) is 0 Å². The first-order valence-corrected chi connectivity index (χ1v) is 8.38. The lowest BCUT2D eigenvalue weighted by molar-refractivity contribution is -0.140. The molecule has 0 aromatic heterocycles. The van der Waals surface area contributed by atoms with E-state index in [4.69, 9.17) is 0 Å². The van der Waals surface area contributed by atoms with E-state index in [1.165, 1.54) is 5.56 Å². The van der Waals surface area contributed by atoms with Crippen LogP contribution in [0.4, 0.5) is 0 Å². The van der Waals surface area contributed by atoms with Crippen LogP contribution in [0.25, 0.3) is 0 Å². The van der Waals surface area contributed by atoms with Crippen molar-refractivity contribution in [3.63, 3.8) is 0 Å². The second-order valence-corrected chi connectivity index (χ2v) is 6.28. The zero-order valence-corrected chi connectivity index (χ0v) is 13.0. The lowest BCUT2D eigenvalue weighted by atomic mass is 10.0. The van der Waals surface area contributed by atoms with Crippen molar-refractivity contribution in [1.82, 2.24) is 9.80 Å². The Labute approximate surface area is 132 Å². The van der Waals surface area contributed by atoms with Gasteiger partial charge in [0.05, 0.1) is 12.6 Å². The molecule has 0 saturated carbocycles. The van der Waals surface area contributed by atoms with Gasteiger partial charge in [0.25, 0.3) is 0 Å². The van der Waals surface area contributed by atoms with E-state index < -0.39 is 0 Å². The highest BCUT2D eigenvalue weighted by Crippen LogP contribution is 2.31. The third-order valence-electron chi connectivity index (χ3n) is 4.75. The van der Waals surface area contributed by atoms with Gasteiger partial charge < -0.3 is 9.80 Å². The van der Waals surface area contributed by atoms with Crippen molar-refractivity contribution in [2.24, 2.45) is 0 Å². The summed E-state index contributed by atoms with van der Waals surface area (Å²) in [6.07, 6.45) is 5.71. The van der Waals surface area contributed by atoms with Gasteiger partial charge in [-0.1, -0.05) is 36.8 Å². The van der Waals surface area contributed by atoms with Gasteiger partial charge in [0.2, 0.25) is 11.8 Å². The van der Waals surface area contributed by atoms with Crippen LogP contribution in [0.3, 0.4) is 0 Å². The number of carbonyl (C=O) groups is 2. The number of rotatable bonds is 3. The number of carbonyl (C=O) groups excluding carboxylic acids is 2. The van der Waals surface area contributed by atoms with E-state index in [1.807, 2.05) is 23.1 Å². The Morgan fingerprint density at radius 3 is 2.68 bits per heavy atom. The number of amides is 2. The standard InChI is InChI=1S/C18H24N2O2/c21-17-11-5-2-6-12-19(17)14-18(22)20-13-7-10-16(20)15-8-3-1-4-9-15/h1,3-4,8-9,16H,2,5-7,10-14H2/t16-/m0/s1. The van der Waals surface area contributed by atoms with Crippen LogP contribution in [0.15, 0.2) is 30.3 Å². The van der Waals surface area contributed by atoms with E-state index >= 15 is 0 Å². The van der Waals surface area contributed by atoms with Crippen molar-refractivity contribution in [3.05, 3.63) is 35.9 Å². The Hall–Kier alpha value is -1.84. The van der Waals surface area contributed by atoms with Crippen molar-refractivity contribution >= 4 is 11.8 Å². The third-order valence-corrected chi connectivity index (χ3v) is 4.75. The monoisotopic (exact) mass is 300 g/mol. The fourth-order valence-corrected chi connectivity index (χ4v) is 3.55. The van der Waals surface area contributed by atoms with Gasteiger partial charge in [0, 0.05) is 19.5 Å². The van der Waals surface area contributed by atoms with Crippen LogP contribution < -0.4 is 0 Å². The van der Waals surface area contributed by atoms with Crippen molar-refractivity contribution in [1.29, 1.82) is 0 Å². The van der Waals surface area contributed by atoms with Crippen LogP contribution in [0.5, 0.6) is 0 Å². The average Bonchev–Trinajstić information content (AvgIpc) is 2.95. The molecule has 0 aliphatic carbocycles. The molecule has 118 valence electrons. The number of likely N-dealkylation sites (tertiary alicyclic amines) is 2. The van der Waals surface area contributed by atoms with Gasteiger partial charge in [0.15, 0.2) is 0 Å². The molecule has 1 aromatic carbocycles. The molecule has 3 rings (SSSR count). The minimum Gasteiger partial charge on any atom is -0.334 e. The average molecular weight is 300 g/mol. The minimum absolute atomic E-state index is 0.0987. The number of nitrogens with zero attached hydrogens (tertiary/aromatic N) is 2. The molecule has 0 unspecified atom stereocenters. The Morgan fingerprint density at radius 1 is 1.05 bits per heavy atom. The maximum atomic E-state index is 12.7. The van der Waals surface area contributed by atoms with E-state index in [0.717, 1.165) is 45.2 Å². The summed E-state index contributed by atoms with van der Waals surface area (Å²) in [5, 5.41) is 0. The van der Waals surface area contributed by atoms with Gasteiger partial charge in [-0.15, -0.1) is 0 Å². The quantitative estimate of drug-likeness (QED) is 0.861. The molecule has 2 amide bonds. The van der Waals surface area contributed by atoms with Gasteiger partial charge >= 0.3 is 0 Å². The largest absolute Gasteiger partial charge is 0.334 e. The molecule has 0 bridgehead atoms. The highest BCUT2D eigenvalue weighted by molar-refractivity contribution is 5.85. The van der Waals surface area contributed by atoms with Crippen molar-refractivity contribution < 1.29 is 9.59 Å². The first-order chi connectivity index (χ1) is 10.8. The minimum atomic E-state index is 0.0987. The van der Waals surface area contributed by atoms with Gasteiger partial charge in [-0.2, -0.15) is 0 Å². The molecule has 1 atom stereocenters. The maximum Gasteiger partial charge on any atom is 0.242 e. The van der Waals surface area contributed by atoms with Crippen molar-refractivity contribution in [3.8, 4) is 0 Å². The molecule has 0 spiro atoms. The normalized spacial score (nSPS) is 22.7. The molecule has 2 aliphatic rings. The predicted octanol–water partition coefficient (Wildman–Crippen LogP) is 2.75. The zero-order chi connectivity index (χ0) is 15.4. The topological polar surface area (TPSA) is 40.6 Å². The van der Waals surface area contributed by atoms with Crippen LogP contribution in [-0.4, -0.2) is 41.2 Å². The number of hydrogen-bond donors (Lipinski definition) is 0. The van der Waals surface area contributed by atoms with Crippen LogP contribution in [0, 0.1) is 0 Å². The molecular formula is C18H24N2O2. The first-order valence-electron chi connectivity index (χ1n) is 8.38. The van der Waals surface area contributed by atoms with Crippen LogP contribution in [0.2, 0.25) is 0 Å². The van der Waals surface area contributed by atoms with Gasteiger partial charge in [-0.05, 0) is 31.2 Å². The van der Waals surface area contributed by atoms with E-state index in [2.05, 4.69) is 12.1 Å². The summed E-state index contributed by atoms with van der Waals surface area (Å²) in [5.74, 6) is 0.239. The summed E-state index contributed by atoms with van der Waals surface area (Å²) < 4.78 is 0. The van der Waals surface area contributed by atoms with Crippen LogP contribution >= 0.6 is 0 Å². The second kappa shape index (κ2) is 6.95. The van der Waals surface area contributed by atoms with Crippen molar-refractivity contribution in [2.75, 3.05) is 19.6 Å². The Kier molecular flexibility index (Phi) is 4.76. The maximum absolute atomic E-state index is 12.7. The number of hydrogen-bond acceptors (Lipinski definition) is 2. The fourth-order valence-electron chi connectivity index (χ4n) is 3.55. The summed E-state index contributed by atoms with van der Waals surface area (Å²) in [7, 11) is 0. The van der Waals surface area contributed by atoms with E-state index in [1.54, 1.807) is 4.90 Å². The lowest BCUT2D eigenvalue weighted by Gasteiger charge is -2.28. The highest BCUT2D eigenvalue weighted by atomic mass is 16.2. The third kappa shape index (κ3) is 3.32. The van der Waals surface area contributed by atoms with Gasteiger partial charge in [-0.3, -0.25) is 9.59 Å². The molecule has 4 heteroatoms. The molecule has 0 N–H and O–H groups in total. The first kappa shape index (κ1) is 15.1. The summed E-state index contributed by atoms with van der Waals surface area (Å²) >= 11 is 0. The van der Waals surface area contributed by atoms with Crippen molar-refractivity contribution in [2.45, 2.75) is 44.6 Å². The lowest BCUT2D eigenvalue weighted by Crippen LogP contribution is -2.42. The number of benzene rings is 1. The zero-order valence-electron chi connectivity index (χ0n) is 13.0. The Bertz CT molecular complexity index is 529. The molecule has 1 aromatic rings. The molecule has 2 aliphatic heterocycles. The summed E-state index contributed by atoms with van der Waals surface area (Å²) in [4.78, 5) is 28.5. The molecule has 2 fully saturated rings. The molecule has 2 heterocycles. The Balaban J connectivity index is 1.67. The second-order valence-electron chi connectivity index (χ2n) is 6.28. The fraction of sp³-hybridized carbons (Fsp3) is 0.556. The smallest absolute Gasteiger partial charge is 0.242 e. The summed E-state index contributed by atoms with van der Waals surface area (Å²) in [6, 6.07) is 10.4. The Morgan fingerprint density at radius 2 is 1.86 bits per heavy atom. The van der Waals surface area contributed by atoms with E-state index in [-0.39, 0.29) is 24.4 Å². The van der Waals surface area contributed by atoms with E-state index in [0.29, 0.717) is 6.42 Å². The molecule has 22 heavy (non-hydrogen) atoms. The van der Waals surface area contributed by atoms with Crippen LogP contribution in [-0.2, 0) is 9.59 Å². The summed E-state index contributed by atoms with van der Waals surface area (Å²) in [6.45, 7) is 1.79. The SMILES string of the molecule is O=C1CCCCCN1CC(=O)N1CCC[C@H]1c1ccccc1. The molecule has 4 nitrogen and oxygen atoms in total. The van der Waals surface area contributed by atoms with E-state index in [9.17, 15) is 9.59 Å². The summed E-state index contributed by atoms with van der Waals surface area (Å²) in [5.41, 5.74) is 1.20. The van der Waals surface area contributed by atoms with Crippen LogP contribution in [0.1, 0.15) is 50.1 Å². The highest BCUT2D eigenvalue weighted by Gasteiger charge is 2.31. The van der Waals surface area contributed by atoms with Gasteiger partial charge in [0.1, 0.15) is 0 Å². The molecule has 2 saturated heterocycles. The molecular weight excluding hydrogens is 276 g/mol. The molecule has 0 radical (unpaired) electrons. The predicted molar refractivity (Wildman–Crippen MR) is 85.2 cm³/mol.